The predicted molar refractivity (Wildman–Crippen MR) is 71.5 cm³/mol. The molecule has 0 spiro atoms. The van der Waals surface area contributed by atoms with Gasteiger partial charge < -0.3 is 15.8 Å². The maximum absolute atomic E-state index is 12.4. The number of hydrogen-bond acceptors (Lipinski definition) is 5. The smallest absolute Gasteiger partial charge is 0.401 e. The molecule has 0 atom stereocenters. The Bertz CT molecular complexity index is 512. The summed E-state index contributed by atoms with van der Waals surface area (Å²) in [6, 6.07) is 3.45. The van der Waals surface area contributed by atoms with Crippen LogP contribution in [0.25, 0.3) is 0 Å². The molecule has 1 aliphatic rings. The maximum Gasteiger partial charge on any atom is 0.401 e. The number of piperazine rings is 1. The minimum atomic E-state index is -4.18. The molecule has 1 aromatic rings. The summed E-state index contributed by atoms with van der Waals surface area (Å²) in [5, 5.41) is 11.7. The van der Waals surface area contributed by atoms with Crippen molar-refractivity contribution < 1.29 is 18.4 Å². The third-order valence-electron chi connectivity index (χ3n) is 3.25. The van der Waals surface area contributed by atoms with Gasteiger partial charge in [-0.05, 0) is 12.1 Å². The van der Waals surface area contributed by atoms with Gasteiger partial charge in [0.05, 0.1) is 12.2 Å². The summed E-state index contributed by atoms with van der Waals surface area (Å²) in [6.07, 6.45) is -2.67. The number of oxime groups is 1. The third kappa shape index (κ3) is 3.97. The molecule has 1 aromatic heterocycles. The third-order valence-corrected chi connectivity index (χ3v) is 3.25. The number of nitrogens with zero attached hydrogens (tertiary/aromatic N) is 4. The number of amidine groups is 1. The Kier molecular flexibility index (Phi) is 4.51. The number of hydrogen-bond donors (Lipinski definition) is 2. The molecule has 2 rings (SSSR count). The summed E-state index contributed by atoms with van der Waals surface area (Å²) < 4.78 is 37.1. The predicted octanol–water partition coefficient (Wildman–Crippen LogP) is 0.860. The first-order valence-corrected chi connectivity index (χ1v) is 6.37. The molecule has 0 radical (unpaired) electrons. The summed E-state index contributed by atoms with van der Waals surface area (Å²) >= 11 is 0. The van der Waals surface area contributed by atoms with Gasteiger partial charge in [-0.3, -0.25) is 9.88 Å². The highest BCUT2D eigenvalue weighted by atomic mass is 19.4. The van der Waals surface area contributed by atoms with E-state index in [-0.39, 0.29) is 5.84 Å². The summed E-state index contributed by atoms with van der Waals surface area (Å²) in [4.78, 5) is 7.29. The largest absolute Gasteiger partial charge is 0.409 e. The van der Waals surface area contributed by atoms with E-state index in [1.165, 1.54) is 11.1 Å². The van der Waals surface area contributed by atoms with Crippen molar-refractivity contribution in [3.05, 3.63) is 24.0 Å². The summed E-state index contributed by atoms with van der Waals surface area (Å²) in [5.74, 6) is -0.122. The lowest BCUT2D eigenvalue weighted by Crippen LogP contribution is -2.49. The van der Waals surface area contributed by atoms with Crippen molar-refractivity contribution in [2.24, 2.45) is 10.9 Å². The summed E-state index contributed by atoms with van der Waals surface area (Å²) in [5.41, 5.74) is 6.54. The van der Waals surface area contributed by atoms with Gasteiger partial charge in [0.25, 0.3) is 0 Å². The van der Waals surface area contributed by atoms with Crippen LogP contribution >= 0.6 is 0 Å². The molecule has 21 heavy (non-hydrogen) atoms. The molecular weight excluding hydrogens is 287 g/mol. The van der Waals surface area contributed by atoms with E-state index in [4.69, 9.17) is 10.9 Å². The van der Waals surface area contributed by atoms with Gasteiger partial charge in [0, 0.05) is 32.4 Å². The molecule has 0 unspecified atom stereocenters. The van der Waals surface area contributed by atoms with Crippen molar-refractivity contribution >= 4 is 11.5 Å². The van der Waals surface area contributed by atoms with Gasteiger partial charge in [0.15, 0.2) is 5.84 Å². The first-order valence-electron chi connectivity index (χ1n) is 6.37. The topological polar surface area (TPSA) is 78.0 Å². The van der Waals surface area contributed by atoms with Crippen LogP contribution in [0, 0.1) is 0 Å². The molecular formula is C12H16F3N5O. The Morgan fingerprint density at radius 1 is 1.33 bits per heavy atom. The first-order chi connectivity index (χ1) is 9.90. The van der Waals surface area contributed by atoms with Crippen LogP contribution in [0.4, 0.5) is 18.9 Å². The number of alkyl halides is 3. The van der Waals surface area contributed by atoms with E-state index in [1.807, 2.05) is 4.90 Å². The van der Waals surface area contributed by atoms with E-state index >= 15 is 0 Å². The number of rotatable bonds is 3. The maximum atomic E-state index is 12.4. The van der Waals surface area contributed by atoms with E-state index in [0.29, 0.717) is 37.6 Å². The highest BCUT2D eigenvalue weighted by Gasteiger charge is 2.32. The second-order valence-corrected chi connectivity index (χ2v) is 4.73. The fourth-order valence-electron chi connectivity index (χ4n) is 2.30. The standard InChI is InChI=1S/C12H16F3N5O/c13-12(14,15)8-19-4-6-20(7-5-19)9-2-1-3-17-10(9)11(16)18-21/h1-3,21H,4-8H2,(H2,16,18). The molecule has 0 aliphatic carbocycles. The molecule has 0 amide bonds. The summed E-state index contributed by atoms with van der Waals surface area (Å²) in [6.45, 7) is 0.538. The van der Waals surface area contributed by atoms with E-state index in [2.05, 4.69) is 10.1 Å². The SMILES string of the molecule is N/C(=N/O)c1ncccc1N1CCN(CC(F)(F)F)CC1. The van der Waals surface area contributed by atoms with Crippen molar-refractivity contribution in [2.45, 2.75) is 6.18 Å². The van der Waals surface area contributed by atoms with E-state index < -0.39 is 12.7 Å². The van der Waals surface area contributed by atoms with Crippen molar-refractivity contribution in [3.63, 3.8) is 0 Å². The number of aromatic nitrogens is 1. The lowest BCUT2D eigenvalue weighted by molar-refractivity contribution is -0.146. The Morgan fingerprint density at radius 3 is 2.57 bits per heavy atom. The van der Waals surface area contributed by atoms with Gasteiger partial charge in [0.2, 0.25) is 0 Å². The minimum absolute atomic E-state index is 0.122. The molecule has 9 heteroatoms. The zero-order chi connectivity index (χ0) is 15.5. The van der Waals surface area contributed by atoms with Gasteiger partial charge in [-0.25, -0.2) is 0 Å². The Balaban J connectivity index is 2.06. The average Bonchev–Trinajstić information content (AvgIpc) is 2.45. The zero-order valence-corrected chi connectivity index (χ0v) is 11.2. The van der Waals surface area contributed by atoms with Crippen LogP contribution in [0.2, 0.25) is 0 Å². The van der Waals surface area contributed by atoms with E-state index in [0.717, 1.165) is 0 Å². The van der Waals surface area contributed by atoms with Gasteiger partial charge in [-0.15, -0.1) is 0 Å². The van der Waals surface area contributed by atoms with Crippen molar-refractivity contribution in [2.75, 3.05) is 37.6 Å². The highest BCUT2D eigenvalue weighted by Crippen LogP contribution is 2.22. The quantitative estimate of drug-likeness (QED) is 0.375. The molecule has 1 aliphatic heterocycles. The van der Waals surface area contributed by atoms with Crippen LogP contribution in [0.1, 0.15) is 5.69 Å². The van der Waals surface area contributed by atoms with Crippen molar-refractivity contribution in [3.8, 4) is 0 Å². The zero-order valence-electron chi connectivity index (χ0n) is 11.2. The van der Waals surface area contributed by atoms with Crippen LogP contribution in [0.5, 0.6) is 0 Å². The second-order valence-electron chi connectivity index (χ2n) is 4.73. The molecule has 6 nitrogen and oxygen atoms in total. The monoisotopic (exact) mass is 303 g/mol. The molecule has 116 valence electrons. The van der Waals surface area contributed by atoms with Crippen LogP contribution in [-0.2, 0) is 0 Å². The number of nitrogens with two attached hydrogens (primary N) is 1. The molecule has 0 aromatic carbocycles. The van der Waals surface area contributed by atoms with Crippen molar-refractivity contribution in [1.29, 1.82) is 0 Å². The van der Waals surface area contributed by atoms with Crippen LogP contribution in [0.15, 0.2) is 23.5 Å². The molecule has 2 heterocycles. The fourth-order valence-corrected chi connectivity index (χ4v) is 2.30. The van der Waals surface area contributed by atoms with Gasteiger partial charge in [-0.1, -0.05) is 5.16 Å². The summed E-state index contributed by atoms with van der Waals surface area (Å²) in [7, 11) is 0. The number of anilines is 1. The van der Waals surface area contributed by atoms with Crippen molar-refractivity contribution in [1.82, 2.24) is 9.88 Å². The number of pyridine rings is 1. The first kappa shape index (κ1) is 15.4. The van der Waals surface area contributed by atoms with Gasteiger partial charge in [-0.2, -0.15) is 13.2 Å². The lowest BCUT2D eigenvalue weighted by Gasteiger charge is -2.36. The second kappa shape index (κ2) is 6.17. The van der Waals surface area contributed by atoms with Crippen LogP contribution in [0.3, 0.4) is 0 Å². The average molecular weight is 303 g/mol. The van der Waals surface area contributed by atoms with Crippen LogP contribution < -0.4 is 10.6 Å². The Labute approximate surface area is 119 Å². The lowest BCUT2D eigenvalue weighted by atomic mass is 10.2. The highest BCUT2D eigenvalue weighted by molar-refractivity contribution is 6.00. The van der Waals surface area contributed by atoms with E-state index in [1.54, 1.807) is 12.1 Å². The van der Waals surface area contributed by atoms with Gasteiger partial charge in [0.1, 0.15) is 5.69 Å². The molecule has 0 bridgehead atoms. The Hall–Kier alpha value is -2.03. The number of halogens is 3. The molecule has 0 saturated carbocycles. The van der Waals surface area contributed by atoms with Gasteiger partial charge >= 0.3 is 6.18 Å². The molecule has 1 fully saturated rings. The Morgan fingerprint density at radius 2 is 2.00 bits per heavy atom. The fraction of sp³-hybridized carbons (Fsp3) is 0.500. The molecule has 3 N–H and O–H groups in total. The minimum Gasteiger partial charge on any atom is -0.409 e. The van der Waals surface area contributed by atoms with E-state index in [9.17, 15) is 13.2 Å². The molecule has 1 saturated heterocycles. The van der Waals surface area contributed by atoms with Crippen LogP contribution in [-0.4, -0.2) is 59.8 Å². The normalized spacial score (nSPS) is 18.0.